The highest BCUT2D eigenvalue weighted by atomic mass is 28.3. The summed E-state index contributed by atoms with van der Waals surface area (Å²) < 4.78 is 11.6. The molecule has 0 spiro atoms. The highest BCUT2D eigenvalue weighted by molar-refractivity contribution is 6.53. The second-order valence-corrected chi connectivity index (χ2v) is 12.5. The van der Waals surface area contributed by atoms with Crippen LogP contribution in [0.4, 0.5) is 17.3 Å². The number of hydrogen-bond donors (Lipinski definition) is 0. The van der Waals surface area contributed by atoms with Crippen molar-refractivity contribution in [2.24, 2.45) is 0 Å². The molecular formula is C24H36N5O2Si. The maximum absolute atomic E-state index is 6.21. The summed E-state index contributed by atoms with van der Waals surface area (Å²) in [6, 6.07) is 8.82. The van der Waals surface area contributed by atoms with Gasteiger partial charge in [0.2, 0.25) is 15.0 Å². The molecule has 4 rings (SSSR count). The Bertz CT molecular complexity index is 859. The zero-order chi connectivity index (χ0) is 22.6. The van der Waals surface area contributed by atoms with E-state index in [0.29, 0.717) is 6.61 Å². The number of morpholine rings is 1. The summed E-state index contributed by atoms with van der Waals surface area (Å²) in [6.07, 6.45) is 3.93. The summed E-state index contributed by atoms with van der Waals surface area (Å²) in [5.74, 6) is 0.803. The van der Waals surface area contributed by atoms with Crippen molar-refractivity contribution in [2.45, 2.75) is 39.0 Å². The van der Waals surface area contributed by atoms with Crippen molar-refractivity contribution in [1.82, 2.24) is 9.97 Å². The topological polar surface area (TPSA) is 54.0 Å². The number of hydrogen-bond acceptors (Lipinski definition) is 7. The summed E-state index contributed by atoms with van der Waals surface area (Å²) >= 11 is 0. The van der Waals surface area contributed by atoms with Crippen LogP contribution in [0, 0.1) is 0 Å². The first-order chi connectivity index (χ1) is 15.4. The molecule has 2 aliphatic rings. The monoisotopic (exact) mass is 454 g/mol. The standard InChI is InChI=1S/C24H36N5O2Si/c1-24(2,3)32(4)31-19-20-6-5-7-21(16-20)27-8-10-28(11-9-27)22-17-25-23(26-18-22)29-12-14-30-15-13-29/h5-7,16-18H,8-15,19H2,1-4H3. The van der Waals surface area contributed by atoms with Crippen LogP contribution in [0.1, 0.15) is 26.3 Å². The predicted molar refractivity (Wildman–Crippen MR) is 132 cm³/mol. The Hall–Kier alpha value is -2.16. The normalized spacial score (nSPS) is 17.8. The van der Waals surface area contributed by atoms with Gasteiger partial charge in [0.1, 0.15) is 0 Å². The molecular weight excluding hydrogens is 418 g/mol. The lowest BCUT2D eigenvalue weighted by Crippen LogP contribution is -2.46. The third-order valence-electron chi connectivity index (χ3n) is 6.35. The summed E-state index contributed by atoms with van der Waals surface area (Å²) in [5, 5.41) is 0.253. The summed E-state index contributed by atoms with van der Waals surface area (Å²) in [6.45, 7) is 16.9. The van der Waals surface area contributed by atoms with E-state index in [1.54, 1.807) is 0 Å². The molecule has 0 amide bonds. The molecule has 173 valence electrons. The van der Waals surface area contributed by atoms with Gasteiger partial charge in [0.15, 0.2) is 0 Å². The number of nitrogens with zero attached hydrogens (tertiary/aromatic N) is 5. The summed E-state index contributed by atoms with van der Waals surface area (Å²) in [4.78, 5) is 16.2. The maximum Gasteiger partial charge on any atom is 0.225 e. The highest BCUT2D eigenvalue weighted by Crippen LogP contribution is 2.28. The molecule has 0 saturated carbocycles. The lowest BCUT2D eigenvalue weighted by Gasteiger charge is -2.37. The molecule has 0 atom stereocenters. The first-order valence-corrected chi connectivity index (χ1v) is 13.5. The van der Waals surface area contributed by atoms with E-state index in [9.17, 15) is 0 Å². The molecule has 1 radical (unpaired) electrons. The molecule has 1 aromatic carbocycles. The van der Waals surface area contributed by atoms with Gasteiger partial charge in [-0.1, -0.05) is 32.9 Å². The van der Waals surface area contributed by atoms with Crippen LogP contribution < -0.4 is 14.7 Å². The molecule has 3 heterocycles. The van der Waals surface area contributed by atoms with Crippen LogP contribution in [-0.4, -0.2) is 71.5 Å². The van der Waals surface area contributed by atoms with Crippen molar-refractivity contribution in [3.05, 3.63) is 42.2 Å². The van der Waals surface area contributed by atoms with E-state index in [1.807, 2.05) is 12.4 Å². The first kappa shape index (κ1) is 23.0. The molecule has 2 fully saturated rings. The summed E-state index contributed by atoms with van der Waals surface area (Å²) in [5.41, 5.74) is 3.64. The maximum atomic E-state index is 6.21. The molecule has 8 heteroatoms. The number of rotatable bonds is 6. The van der Waals surface area contributed by atoms with Gasteiger partial charge in [0.25, 0.3) is 0 Å². The minimum absolute atomic E-state index is 0.253. The first-order valence-electron chi connectivity index (χ1n) is 11.6. The predicted octanol–water partition coefficient (Wildman–Crippen LogP) is 3.58. The minimum Gasteiger partial charge on any atom is -0.412 e. The minimum atomic E-state index is -0.829. The van der Waals surface area contributed by atoms with E-state index in [1.165, 1.54) is 11.3 Å². The zero-order valence-electron chi connectivity index (χ0n) is 19.9. The molecule has 32 heavy (non-hydrogen) atoms. The van der Waals surface area contributed by atoms with Crippen molar-refractivity contribution in [3.63, 3.8) is 0 Å². The Kier molecular flexibility index (Phi) is 7.32. The van der Waals surface area contributed by atoms with Crippen LogP contribution in [0.5, 0.6) is 0 Å². The van der Waals surface area contributed by atoms with Crippen molar-refractivity contribution in [3.8, 4) is 0 Å². The Labute approximate surface area is 194 Å². The SMILES string of the molecule is C[Si](OCc1cccc(N2CCN(c3cnc(N4CCOCC4)nc3)CC2)c1)C(C)(C)C. The lowest BCUT2D eigenvalue weighted by atomic mass is 10.2. The number of benzene rings is 1. The average molecular weight is 455 g/mol. The van der Waals surface area contributed by atoms with Crippen molar-refractivity contribution in [2.75, 3.05) is 67.2 Å². The molecule has 1 aromatic heterocycles. The van der Waals surface area contributed by atoms with Gasteiger partial charge in [-0.25, -0.2) is 9.97 Å². The van der Waals surface area contributed by atoms with Crippen LogP contribution in [0.15, 0.2) is 36.7 Å². The molecule has 0 N–H and O–H groups in total. The fourth-order valence-electron chi connectivity index (χ4n) is 3.88. The summed E-state index contributed by atoms with van der Waals surface area (Å²) in [7, 11) is -0.829. The number of ether oxygens (including phenoxy) is 1. The van der Waals surface area contributed by atoms with Crippen molar-refractivity contribution < 1.29 is 9.16 Å². The number of aromatic nitrogens is 2. The average Bonchev–Trinajstić information content (AvgIpc) is 2.83. The van der Waals surface area contributed by atoms with Crippen LogP contribution >= 0.6 is 0 Å². The van der Waals surface area contributed by atoms with E-state index >= 15 is 0 Å². The molecule has 7 nitrogen and oxygen atoms in total. The van der Waals surface area contributed by atoms with E-state index in [-0.39, 0.29) is 5.04 Å². The zero-order valence-corrected chi connectivity index (χ0v) is 20.9. The molecule has 0 aliphatic carbocycles. The molecule has 0 unspecified atom stereocenters. The van der Waals surface area contributed by atoms with Gasteiger partial charge in [0.05, 0.1) is 37.9 Å². The van der Waals surface area contributed by atoms with Crippen molar-refractivity contribution >= 4 is 26.4 Å². The largest absolute Gasteiger partial charge is 0.412 e. The Morgan fingerprint density at radius 3 is 2.16 bits per heavy atom. The molecule has 2 aliphatic heterocycles. The van der Waals surface area contributed by atoms with E-state index in [2.05, 4.69) is 76.3 Å². The smallest absolute Gasteiger partial charge is 0.225 e. The second kappa shape index (κ2) is 10.2. The van der Waals surface area contributed by atoms with E-state index in [4.69, 9.17) is 9.16 Å². The van der Waals surface area contributed by atoms with Gasteiger partial charge in [-0.2, -0.15) is 0 Å². The third-order valence-corrected chi connectivity index (χ3v) is 9.04. The second-order valence-electron chi connectivity index (χ2n) is 9.58. The third kappa shape index (κ3) is 5.79. The van der Waals surface area contributed by atoms with E-state index < -0.39 is 9.04 Å². The lowest BCUT2D eigenvalue weighted by molar-refractivity contribution is 0.122. The Morgan fingerprint density at radius 1 is 0.906 bits per heavy atom. The molecule has 2 saturated heterocycles. The van der Waals surface area contributed by atoms with Gasteiger partial charge in [-0.15, -0.1) is 0 Å². The fourth-order valence-corrected chi connectivity index (χ4v) is 4.69. The van der Waals surface area contributed by atoms with Gasteiger partial charge in [0, 0.05) is 45.0 Å². The van der Waals surface area contributed by atoms with Gasteiger partial charge >= 0.3 is 0 Å². The molecule has 0 bridgehead atoms. The van der Waals surface area contributed by atoms with Crippen LogP contribution in [-0.2, 0) is 15.8 Å². The van der Waals surface area contributed by atoms with Gasteiger partial charge < -0.3 is 23.9 Å². The quantitative estimate of drug-likeness (QED) is 0.619. The number of piperazine rings is 1. The Balaban J connectivity index is 1.31. The Morgan fingerprint density at radius 2 is 1.53 bits per heavy atom. The fraction of sp³-hybridized carbons (Fsp3) is 0.583. The molecule has 2 aromatic rings. The van der Waals surface area contributed by atoms with Crippen molar-refractivity contribution in [1.29, 1.82) is 0 Å². The van der Waals surface area contributed by atoms with Crippen LogP contribution in [0.25, 0.3) is 0 Å². The number of anilines is 3. The van der Waals surface area contributed by atoms with Crippen LogP contribution in [0.3, 0.4) is 0 Å². The highest BCUT2D eigenvalue weighted by Gasteiger charge is 2.24. The van der Waals surface area contributed by atoms with Crippen LogP contribution in [0.2, 0.25) is 11.6 Å². The van der Waals surface area contributed by atoms with E-state index in [0.717, 1.165) is 64.1 Å². The van der Waals surface area contributed by atoms with Gasteiger partial charge in [-0.3, -0.25) is 0 Å². The van der Waals surface area contributed by atoms with Gasteiger partial charge in [-0.05, 0) is 29.3 Å².